The molecule has 28 heavy (non-hydrogen) atoms. The van der Waals surface area contributed by atoms with E-state index in [9.17, 15) is 4.79 Å². The summed E-state index contributed by atoms with van der Waals surface area (Å²) in [5, 5.41) is 6.91. The van der Waals surface area contributed by atoms with E-state index in [2.05, 4.69) is 31.4 Å². The third-order valence-corrected chi connectivity index (χ3v) is 4.60. The third kappa shape index (κ3) is 5.17. The highest BCUT2D eigenvalue weighted by atomic mass is 79.9. The van der Waals surface area contributed by atoms with Gasteiger partial charge >= 0.3 is 0 Å². The van der Waals surface area contributed by atoms with Crippen LogP contribution >= 0.6 is 15.9 Å². The van der Waals surface area contributed by atoms with Crippen molar-refractivity contribution in [1.29, 1.82) is 0 Å². The van der Waals surface area contributed by atoms with Crippen molar-refractivity contribution >= 4 is 27.5 Å². The zero-order valence-corrected chi connectivity index (χ0v) is 17.3. The van der Waals surface area contributed by atoms with Gasteiger partial charge < -0.3 is 14.6 Å². The summed E-state index contributed by atoms with van der Waals surface area (Å²) in [6, 6.07) is 15.0. The van der Waals surface area contributed by atoms with Gasteiger partial charge in [0.1, 0.15) is 5.75 Å². The van der Waals surface area contributed by atoms with Gasteiger partial charge in [-0.15, -0.1) is 0 Å². The summed E-state index contributed by atoms with van der Waals surface area (Å²) >= 11 is 3.43. The van der Waals surface area contributed by atoms with Crippen molar-refractivity contribution in [2.75, 3.05) is 25.5 Å². The molecular weight excluding hydrogens is 424 g/mol. The van der Waals surface area contributed by atoms with Crippen molar-refractivity contribution in [3.05, 3.63) is 58.9 Å². The van der Waals surface area contributed by atoms with Crippen molar-refractivity contribution in [2.45, 2.75) is 13.5 Å². The Morgan fingerprint density at radius 1 is 1.25 bits per heavy atom. The van der Waals surface area contributed by atoms with Gasteiger partial charge in [0.2, 0.25) is 17.6 Å². The van der Waals surface area contributed by atoms with Crippen LogP contribution in [-0.2, 0) is 11.3 Å². The average molecular weight is 445 g/mol. The summed E-state index contributed by atoms with van der Waals surface area (Å²) in [6.07, 6.45) is 0. The summed E-state index contributed by atoms with van der Waals surface area (Å²) in [6.45, 7) is 3.22. The Labute approximate surface area is 171 Å². The maximum atomic E-state index is 12.4. The second kappa shape index (κ2) is 9.48. The molecule has 0 aliphatic rings. The molecule has 1 aromatic heterocycles. The molecule has 0 aliphatic heterocycles. The van der Waals surface area contributed by atoms with Crippen LogP contribution in [0.15, 0.2) is 57.5 Å². The quantitative estimate of drug-likeness (QED) is 0.565. The fourth-order valence-electron chi connectivity index (χ4n) is 2.68. The maximum absolute atomic E-state index is 12.4. The second-order valence-corrected chi connectivity index (χ2v) is 6.99. The van der Waals surface area contributed by atoms with Crippen molar-refractivity contribution in [3.63, 3.8) is 0 Å². The summed E-state index contributed by atoms with van der Waals surface area (Å²) in [4.78, 5) is 18.8. The molecule has 0 radical (unpaired) electrons. The van der Waals surface area contributed by atoms with Crippen LogP contribution < -0.4 is 10.1 Å². The molecule has 0 saturated carbocycles. The number of hydrogen-bond donors (Lipinski definition) is 1. The molecule has 0 fully saturated rings. The van der Waals surface area contributed by atoms with Crippen molar-refractivity contribution < 1.29 is 14.1 Å². The van der Waals surface area contributed by atoms with Gasteiger partial charge in [0.05, 0.1) is 25.9 Å². The number of amides is 1. The number of benzene rings is 2. The molecule has 146 valence electrons. The highest BCUT2D eigenvalue weighted by Crippen LogP contribution is 2.23. The average Bonchev–Trinajstić information content (AvgIpc) is 3.16. The van der Waals surface area contributed by atoms with Crippen LogP contribution in [0.3, 0.4) is 0 Å². The van der Waals surface area contributed by atoms with Gasteiger partial charge in [-0.2, -0.15) is 4.98 Å². The Morgan fingerprint density at radius 2 is 2.07 bits per heavy atom. The Morgan fingerprint density at radius 3 is 2.82 bits per heavy atom. The molecule has 1 heterocycles. The predicted octanol–water partition coefficient (Wildman–Crippen LogP) is 3.97. The van der Waals surface area contributed by atoms with E-state index >= 15 is 0 Å². The number of nitrogens with zero attached hydrogens (tertiary/aromatic N) is 3. The fraction of sp³-hybridized carbons (Fsp3) is 0.250. The van der Waals surface area contributed by atoms with Gasteiger partial charge in [-0.25, -0.2) is 0 Å². The van der Waals surface area contributed by atoms with E-state index in [1.54, 1.807) is 19.2 Å². The molecule has 0 unspecified atom stereocenters. The Bertz CT molecular complexity index is 944. The highest BCUT2D eigenvalue weighted by molar-refractivity contribution is 9.10. The minimum atomic E-state index is -0.141. The number of nitrogens with one attached hydrogen (secondary N) is 1. The summed E-state index contributed by atoms with van der Waals surface area (Å²) < 4.78 is 11.6. The molecular formula is C20H21BrN4O3. The number of carbonyl (C=O) groups excluding carboxylic acids is 1. The number of carbonyl (C=O) groups is 1. The largest absolute Gasteiger partial charge is 0.495 e. The maximum Gasteiger partial charge on any atom is 0.241 e. The molecule has 3 rings (SSSR count). The Kier molecular flexibility index (Phi) is 6.78. The van der Waals surface area contributed by atoms with Crippen molar-refractivity contribution in [3.8, 4) is 17.1 Å². The molecule has 2 aromatic carbocycles. The predicted molar refractivity (Wildman–Crippen MR) is 110 cm³/mol. The minimum Gasteiger partial charge on any atom is -0.495 e. The number of halogens is 1. The summed E-state index contributed by atoms with van der Waals surface area (Å²) in [5.41, 5.74) is 1.50. The van der Waals surface area contributed by atoms with Crippen molar-refractivity contribution in [2.24, 2.45) is 0 Å². The SMILES string of the molecule is CCN(CC(=O)Nc1ccccc1OC)Cc1nc(-c2cccc(Br)c2)no1. The number of methoxy groups -OCH3 is 1. The van der Waals surface area contributed by atoms with E-state index in [0.29, 0.717) is 36.2 Å². The lowest BCUT2D eigenvalue weighted by molar-refractivity contribution is -0.117. The number of anilines is 1. The van der Waals surface area contributed by atoms with E-state index in [4.69, 9.17) is 9.26 Å². The molecule has 7 nitrogen and oxygen atoms in total. The molecule has 8 heteroatoms. The van der Waals surface area contributed by atoms with Crippen LogP contribution in [0.4, 0.5) is 5.69 Å². The molecule has 0 atom stereocenters. The number of hydrogen-bond acceptors (Lipinski definition) is 6. The lowest BCUT2D eigenvalue weighted by Gasteiger charge is -2.18. The lowest BCUT2D eigenvalue weighted by atomic mass is 10.2. The topological polar surface area (TPSA) is 80.5 Å². The molecule has 0 spiro atoms. The van der Waals surface area contributed by atoms with Crippen LogP contribution in [0.5, 0.6) is 5.75 Å². The second-order valence-electron chi connectivity index (χ2n) is 6.07. The monoisotopic (exact) mass is 444 g/mol. The van der Waals surface area contributed by atoms with E-state index in [-0.39, 0.29) is 12.5 Å². The van der Waals surface area contributed by atoms with Crippen LogP contribution in [0.1, 0.15) is 12.8 Å². The Hall–Kier alpha value is -2.71. The first kappa shape index (κ1) is 20.0. The third-order valence-electron chi connectivity index (χ3n) is 4.11. The van der Waals surface area contributed by atoms with E-state index in [1.807, 2.05) is 48.2 Å². The first-order valence-corrected chi connectivity index (χ1v) is 9.62. The smallest absolute Gasteiger partial charge is 0.241 e. The van der Waals surface area contributed by atoms with Gasteiger partial charge in [-0.3, -0.25) is 9.69 Å². The van der Waals surface area contributed by atoms with Crippen LogP contribution in [-0.4, -0.2) is 41.1 Å². The van der Waals surface area contributed by atoms with Crippen molar-refractivity contribution in [1.82, 2.24) is 15.0 Å². The number of rotatable bonds is 8. The van der Waals surface area contributed by atoms with Gasteiger partial charge in [0.15, 0.2) is 0 Å². The van der Waals surface area contributed by atoms with Crippen LogP contribution in [0.25, 0.3) is 11.4 Å². The molecule has 0 aliphatic carbocycles. The number of aromatic nitrogens is 2. The molecule has 1 N–H and O–H groups in total. The van der Waals surface area contributed by atoms with E-state index in [0.717, 1.165) is 10.0 Å². The lowest BCUT2D eigenvalue weighted by Crippen LogP contribution is -2.33. The van der Waals surface area contributed by atoms with E-state index in [1.165, 1.54) is 0 Å². The number of para-hydroxylation sites is 2. The van der Waals surface area contributed by atoms with Gasteiger partial charge in [-0.05, 0) is 30.8 Å². The zero-order valence-electron chi connectivity index (χ0n) is 15.7. The summed E-state index contributed by atoms with van der Waals surface area (Å²) in [5.74, 6) is 1.46. The van der Waals surface area contributed by atoms with Gasteiger partial charge in [0, 0.05) is 10.0 Å². The Balaban J connectivity index is 1.62. The first-order valence-electron chi connectivity index (χ1n) is 8.82. The standard InChI is InChI=1S/C20H21BrN4O3/c1-3-25(12-18(26)22-16-9-4-5-10-17(16)27-2)13-19-23-20(24-28-19)14-7-6-8-15(21)11-14/h4-11H,3,12-13H2,1-2H3,(H,22,26). The van der Waals surface area contributed by atoms with Gasteiger partial charge in [0.25, 0.3) is 0 Å². The summed E-state index contributed by atoms with van der Waals surface area (Å²) in [7, 11) is 1.57. The molecule has 3 aromatic rings. The number of ether oxygens (including phenoxy) is 1. The molecule has 0 saturated heterocycles. The van der Waals surface area contributed by atoms with Gasteiger partial charge in [-0.1, -0.05) is 52.3 Å². The normalized spacial score (nSPS) is 10.9. The highest BCUT2D eigenvalue weighted by Gasteiger charge is 2.16. The first-order chi connectivity index (χ1) is 13.6. The van der Waals surface area contributed by atoms with E-state index < -0.39 is 0 Å². The van der Waals surface area contributed by atoms with Crippen LogP contribution in [0.2, 0.25) is 0 Å². The fourth-order valence-corrected chi connectivity index (χ4v) is 3.07. The molecule has 0 bridgehead atoms. The minimum absolute atomic E-state index is 0.141. The zero-order chi connectivity index (χ0) is 19.9. The molecule has 1 amide bonds. The van der Waals surface area contributed by atoms with Crippen LogP contribution in [0, 0.1) is 0 Å². The number of likely N-dealkylation sites (N-methyl/N-ethyl adjacent to an activating group) is 1.